The van der Waals surface area contributed by atoms with Crippen molar-refractivity contribution in [1.29, 1.82) is 0 Å². The third-order valence-corrected chi connectivity index (χ3v) is 1.11. The number of nitrogens with two attached hydrogens (primary N) is 1. The van der Waals surface area contributed by atoms with Gasteiger partial charge in [0.15, 0.2) is 0 Å². The van der Waals surface area contributed by atoms with E-state index in [1.807, 2.05) is 20.8 Å². The van der Waals surface area contributed by atoms with Gasteiger partial charge in [0.05, 0.1) is 10.6 Å². The number of nitro groups is 1. The van der Waals surface area contributed by atoms with Crippen molar-refractivity contribution in [2.24, 2.45) is 11.1 Å². The average molecular weight is 144 g/mol. The Balaban J connectivity index is 4.35. The summed E-state index contributed by atoms with van der Waals surface area (Å²) in [5.74, 6) is 0. The van der Waals surface area contributed by atoms with Crippen LogP contribution in [0.4, 0.5) is 0 Å². The van der Waals surface area contributed by atoms with Gasteiger partial charge in [-0.1, -0.05) is 20.8 Å². The summed E-state index contributed by atoms with van der Waals surface area (Å²) < 4.78 is 0. The van der Waals surface area contributed by atoms with E-state index in [9.17, 15) is 10.1 Å². The quantitative estimate of drug-likeness (QED) is 0.442. The molecule has 0 amide bonds. The van der Waals surface area contributed by atoms with Crippen molar-refractivity contribution < 1.29 is 4.92 Å². The van der Waals surface area contributed by atoms with Crippen molar-refractivity contribution in [3.63, 3.8) is 0 Å². The fourth-order valence-electron chi connectivity index (χ4n) is 0.307. The molecule has 0 saturated heterocycles. The molecule has 0 aliphatic rings. The fourth-order valence-corrected chi connectivity index (χ4v) is 0.307. The van der Waals surface area contributed by atoms with E-state index >= 15 is 0 Å². The Hall–Kier alpha value is -1.06. The van der Waals surface area contributed by atoms with E-state index in [-0.39, 0.29) is 11.1 Å². The summed E-state index contributed by atoms with van der Waals surface area (Å²) in [6.45, 7) is 5.47. The Labute approximate surface area is 59.9 Å². The van der Waals surface area contributed by atoms with Gasteiger partial charge in [-0.25, -0.2) is 0 Å². The minimum atomic E-state index is -0.541. The van der Waals surface area contributed by atoms with E-state index in [0.717, 1.165) is 6.20 Å². The van der Waals surface area contributed by atoms with Crippen LogP contribution in [0, 0.1) is 15.5 Å². The van der Waals surface area contributed by atoms with E-state index in [1.54, 1.807) is 0 Å². The van der Waals surface area contributed by atoms with Gasteiger partial charge in [-0.15, -0.1) is 0 Å². The van der Waals surface area contributed by atoms with Crippen LogP contribution in [0.25, 0.3) is 0 Å². The normalized spacial score (nSPS) is 13.3. The lowest BCUT2D eigenvalue weighted by atomic mass is 9.93. The second kappa shape index (κ2) is 2.68. The molecule has 0 unspecified atom stereocenters. The summed E-state index contributed by atoms with van der Waals surface area (Å²) in [4.78, 5) is 9.36. The van der Waals surface area contributed by atoms with Crippen LogP contribution >= 0.6 is 0 Å². The van der Waals surface area contributed by atoms with Crippen LogP contribution in [0.5, 0.6) is 0 Å². The molecule has 0 atom stereocenters. The maximum Gasteiger partial charge on any atom is 0.253 e. The topological polar surface area (TPSA) is 69.2 Å². The van der Waals surface area contributed by atoms with Crippen molar-refractivity contribution in [2.75, 3.05) is 0 Å². The van der Waals surface area contributed by atoms with Crippen LogP contribution < -0.4 is 5.73 Å². The van der Waals surface area contributed by atoms with Crippen LogP contribution in [0.2, 0.25) is 0 Å². The average Bonchev–Trinajstić information content (AvgIpc) is 1.60. The van der Waals surface area contributed by atoms with Crippen molar-refractivity contribution in [3.05, 3.63) is 22.0 Å². The molecular weight excluding hydrogens is 132 g/mol. The third-order valence-electron chi connectivity index (χ3n) is 1.11. The summed E-state index contributed by atoms with van der Waals surface area (Å²) in [5, 5.41) is 9.91. The molecule has 0 fully saturated rings. The zero-order chi connectivity index (χ0) is 8.36. The van der Waals surface area contributed by atoms with Gasteiger partial charge in [0.1, 0.15) is 0 Å². The second-order valence-electron chi connectivity index (χ2n) is 3.12. The Morgan fingerprint density at radius 2 is 2.00 bits per heavy atom. The van der Waals surface area contributed by atoms with Crippen LogP contribution in [0.15, 0.2) is 11.9 Å². The van der Waals surface area contributed by atoms with Crippen LogP contribution in [0.1, 0.15) is 20.8 Å². The molecule has 0 rings (SSSR count). The zero-order valence-corrected chi connectivity index (χ0v) is 6.42. The number of rotatable bonds is 1. The monoisotopic (exact) mass is 144 g/mol. The molecule has 0 saturated carbocycles. The first kappa shape index (κ1) is 8.94. The predicted octanol–water partition coefficient (Wildman–Crippen LogP) is 1.11. The highest BCUT2D eigenvalue weighted by molar-refractivity contribution is 5.01. The smallest absolute Gasteiger partial charge is 0.253 e. The highest BCUT2D eigenvalue weighted by atomic mass is 16.6. The predicted molar refractivity (Wildman–Crippen MR) is 38.7 cm³/mol. The Bertz CT molecular complexity index is 167. The molecule has 4 heteroatoms. The molecule has 0 bridgehead atoms. The number of nitrogens with zero attached hydrogens (tertiary/aromatic N) is 1. The molecule has 0 aliphatic heterocycles. The van der Waals surface area contributed by atoms with Crippen molar-refractivity contribution >= 4 is 0 Å². The first-order chi connectivity index (χ1) is 4.34. The van der Waals surface area contributed by atoms with Gasteiger partial charge in [0, 0.05) is 5.41 Å². The lowest BCUT2D eigenvalue weighted by Gasteiger charge is -2.15. The van der Waals surface area contributed by atoms with Crippen molar-refractivity contribution in [1.82, 2.24) is 0 Å². The molecule has 4 nitrogen and oxygen atoms in total. The van der Waals surface area contributed by atoms with E-state index in [0.29, 0.717) is 0 Å². The summed E-state index contributed by atoms with van der Waals surface area (Å²) in [6, 6.07) is 0. The molecule has 0 aliphatic carbocycles. The summed E-state index contributed by atoms with van der Waals surface area (Å²) in [7, 11) is 0. The van der Waals surface area contributed by atoms with Crippen molar-refractivity contribution in [2.45, 2.75) is 20.8 Å². The summed E-state index contributed by atoms with van der Waals surface area (Å²) >= 11 is 0. The van der Waals surface area contributed by atoms with Crippen LogP contribution in [-0.4, -0.2) is 4.92 Å². The van der Waals surface area contributed by atoms with Crippen LogP contribution in [0.3, 0.4) is 0 Å². The lowest BCUT2D eigenvalue weighted by molar-refractivity contribution is -0.404. The van der Waals surface area contributed by atoms with Gasteiger partial charge < -0.3 is 5.73 Å². The number of hydrogen-bond acceptors (Lipinski definition) is 3. The minimum Gasteiger partial charge on any atom is -0.397 e. The molecule has 2 N–H and O–H groups in total. The molecule has 58 valence electrons. The third kappa shape index (κ3) is 3.06. The lowest BCUT2D eigenvalue weighted by Crippen LogP contribution is -2.18. The molecule has 0 spiro atoms. The highest BCUT2D eigenvalue weighted by Gasteiger charge is 2.16. The molecule has 0 radical (unpaired) electrons. The molecule has 0 aromatic rings. The largest absolute Gasteiger partial charge is 0.397 e. The van der Waals surface area contributed by atoms with Gasteiger partial charge in [0.25, 0.3) is 6.20 Å². The maximum absolute atomic E-state index is 9.91. The summed E-state index contributed by atoms with van der Waals surface area (Å²) in [5.41, 5.74) is 5.35. The zero-order valence-electron chi connectivity index (χ0n) is 6.42. The SMILES string of the molecule is CC(C)(C)/C(N)=C/[N+](=O)[O-]. The van der Waals surface area contributed by atoms with E-state index in [1.165, 1.54) is 0 Å². The Morgan fingerprint density at radius 1 is 1.60 bits per heavy atom. The van der Waals surface area contributed by atoms with Gasteiger partial charge in [-0.3, -0.25) is 10.1 Å². The summed E-state index contributed by atoms with van der Waals surface area (Å²) in [6.07, 6.45) is 0.833. The number of allylic oxidation sites excluding steroid dienone is 1. The van der Waals surface area contributed by atoms with Gasteiger partial charge in [-0.2, -0.15) is 0 Å². The molecule has 10 heavy (non-hydrogen) atoms. The Morgan fingerprint density at radius 3 is 2.10 bits per heavy atom. The maximum atomic E-state index is 9.91. The van der Waals surface area contributed by atoms with E-state index < -0.39 is 4.92 Å². The van der Waals surface area contributed by atoms with Gasteiger partial charge in [0.2, 0.25) is 0 Å². The van der Waals surface area contributed by atoms with Crippen LogP contribution in [-0.2, 0) is 0 Å². The van der Waals surface area contributed by atoms with Gasteiger partial charge in [-0.05, 0) is 0 Å². The van der Waals surface area contributed by atoms with E-state index in [2.05, 4.69) is 0 Å². The molecular formula is C6H12N2O2. The minimum absolute atomic E-state index is 0.289. The molecule has 0 aromatic heterocycles. The highest BCUT2D eigenvalue weighted by Crippen LogP contribution is 2.19. The standard InChI is InChI=1S/C6H12N2O2/c1-6(2,3)5(7)4-8(9)10/h4H,7H2,1-3H3/b5-4-. The molecule has 0 aromatic carbocycles. The number of hydrogen-bond donors (Lipinski definition) is 1. The van der Waals surface area contributed by atoms with Crippen molar-refractivity contribution in [3.8, 4) is 0 Å². The second-order valence-corrected chi connectivity index (χ2v) is 3.12. The first-order valence-electron chi connectivity index (χ1n) is 2.95. The molecule has 0 heterocycles. The first-order valence-corrected chi connectivity index (χ1v) is 2.95. The van der Waals surface area contributed by atoms with Gasteiger partial charge >= 0.3 is 0 Å². The van der Waals surface area contributed by atoms with E-state index in [4.69, 9.17) is 5.73 Å². The Kier molecular flexibility index (Phi) is 2.40. The fraction of sp³-hybridized carbons (Fsp3) is 0.667.